The Bertz CT molecular complexity index is 576. The summed E-state index contributed by atoms with van der Waals surface area (Å²) in [5, 5.41) is 0. The standard InChI is InChI=1S/C14H24N4O2S/c1-3-16-21(19,20)14-7-5-4-6-13(14)18-9-8-17(2)11-12(18)10-15/h4-7,12,16H,3,8-11,15H2,1-2H3. The van der Waals surface area contributed by atoms with Crippen molar-refractivity contribution in [2.45, 2.75) is 17.9 Å². The lowest BCUT2D eigenvalue weighted by molar-refractivity contribution is 0.269. The normalized spacial score (nSPS) is 20.7. The van der Waals surface area contributed by atoms with Crippen molar-refractivity contribution in [1.29, 1.82) is 0 Å². The predicted octanol–water partition coefficient (Wildman–Crippen LogP) is 0.0639. The van der Waals surface area contributed by atoms with Crippen molar-refractivity contribution in [2.75, 3.05) is 44.7 Å². The van der Waals surface area contributed by atoms with Gasteiger partial charge in [-0.25, -0.2) is 13.1 Å². The van der Waals surface area contributed by atoms with Crippen LogP contribution in [0.3, 0.4) is 0 Å². The number of piperazine rings is 1. The molecule has 0 aromatic heterocycles. The van der Waals surface area contributed by atoms with Crippen LogP contribution in [0.1, 0.15) is 6.92 Å². The van der Waals surface area contributed by atoms with E-state index in [1.807, 2.05) is 12.1 Å². The molecule has 1 saturated heterocycles. The number of rotatable bonds is 5. The minimum Gasteiger partial charge on any atom is -0.364 e. The van der Waals surface area contributed by atoms with E-state index in [0.717, 1.165) is 25.3 Å². The molecule has 2 rings (SSSR count). The summed E-state index contributed by atoms with van der Waals surface area (Å²) < 4.78 is 27.3. The zero-order chi connectivity index (χ0) is 15.5. The lowest BCUT2D eigenvalue weighted by Crippen LogP contribution is -2.55. The molecule has 1 aromatic carbocycles. The Morgan fingerprint density at radius 3 is 2.71 bits per heavy atom. The first-order chi connectivity index (χ1) is 9.99. The Hall–Kier alpha value is -1.15. The highest BCUT2D eigenvalue weighted by Crippen LogP contribution is 2.27. The topological polar surface area (TPSA) is 78.7 Å². The Kier molecular flexibility index (Phi) is 5.21. The molecule has 0 saturated carbocycles. The van der Waals surface area contributed by atoms with Gasteiger partial charge in [-0.1, -0.05) is 19.1 Å². The Labute approximate surface area is 127 Å². The van der Waals surface area contributed by atoms with E-state index in [4.69, 9.17) is 5.73 Å². The molecular formula is C14H24N4O2S. The number of nitrogens with one attached hydrogen (secondary N) is 1. The van der Waals surface area contributed by atoms with Crippen LogP contribution in [0, 0.1) is 0 Å². The summed E-state index contributed by atoms with van der Waals surface area (Å²) in [5.41, 5.74) is 6.62. The van der Waals surface area contributed by atoms with Gasteiger partial charge in [0, 0.05) is 32.7 Å². The molecule has 7 heteroatoms. The number of nitrogens with two attached hydrogens (primary N) is 1. The highest BCUT2D eigenvalue weighted by Gasteiger charge is 2.28. The second kappa shape index (κ2) is 6.74. The molecular weight excluding hydrogens is 288 g/mol. The van der Waals surface area contributed by atoms with Gasteiger partial charge in [0.1, 0.15) is 4.90 Å². The van der Waals surface area contributed by atoms with Gasteiger partial charge >= 0.3 is 0 Å². The first-order valence-electron chi connectivity index (χ1n) is 7.23. The van der Waals surface area contributed by atoms with Gasteiger partial charge in [-0.3, -0.25) is 0 Å². The van der Waals surface area contributed by atoms with Crippen molar-refractivity contribution in [1.82, 2.24) is 9.62 Å². The number of sulfonamides is 1. The SMILES string of the molecule is CCNS(=O)(=O)c1ccccc1N1CCN(C)CC1CN. The van der Waals surface area contributed by atoms with Crippen molar-refractivity contribution in [3.63, 3.8) is 0 Å². The molecule has 118 valence electrons. The minimum atomic E-state index is -3.48. The second-order valence-corrected chi connectivity index (χ2v) is 7.05. The van der Waals surface area contributed by atoms with E-state index in [2.05, 4.69) is 21.6 Å². The first kappa shape index (κ1) is 16.2. The van der Waals surface area contributed by atoms with Crippen LogP contribution in [0.2, 0.25) is 0 Å². The number of nitrogens with zero attached hydrogens (tertiary/aromatic N) is 2. The smallest absolute Gasteiger partial charge is 0.242 e. The predicted molar refractivity (Wildman–Crippen MR) is 85.0 cm³/mol. The second-order valence-electron chi connectivity index (χ2n) is 5.31. The van der Waals surface area contributed by atoms with Crippen molar-refractivity contribution in [3.8, 4) is 0 Å². The van der Waals surface area contributed by atoms with Crippen LogP contribution < -0.4 is 15.4 Å². The van der Waals surface area contributed by atoms with Crippen molar-refractivity contribution >= 4 is 15.7 Å². The highest BCUT2D eigenvalue weighted by atomic mass is 32.2. The van der Waals surface area contributed by atoms with Crippen LogP contribution in [-0.4, -0.2) is 59.1 Å². The third kappa shape index (κ3) is 3.55. The zero-order valence-electron chi connectivity index (χ0n) is 12.6. The fourth-order valence-corrected chi connectivity index (χ4v) is 3.97. The molecule has 1 aliphatic heterocycles. The Balaban J connectivity index is 2.40. The number of para-hydroxylation sites is 1. The third-order valence-corrected chi connectivity index (χ3v) is 5.35. The molecule has 1 unspecified atom stereocenters. The number of hydrogen-bond donors (Lipinski definition) is 2. The third-order valence-electron chi connectivity index (χ3n) is 3.76. The molecule has 0 aliphatic carbocycles. The molecule has 0 radical (unpaired) electrons. The maximum Gasteiger partial charge on any atom is 0.242 e. The monoisotopic (exact) mass is 312 g/mol. The lowest BCUT2D eigenvalue weighted by atomic mass is 10.1. The molecule has 0 spiro atoms. The summed E-state index contributed by atoms with van der Waals surface area (Å²) in [4.78, 5) is 4.66. The zero-order valence-corrected chi connectivity index (χ0v) is 13.4. The maximum absolute atomic E-state index is 12.4. The van der Waals surface area contributed by atoms with Crippen LogP contribution in [0.5, 0.6) is 0 Å². The largest absolute Gasteiger partial charge is 0.364 e. The quantitative estimate of drug-likeness (QED) is 0.804. The van der Waals surface area contributed by atoms with Gasteiger partial charge in [0.25, 0.3) is 0 Å². The molecule has 6 nitrogen and oxygen atoms in total. The van der Waals surface area contributed by atoms with E-state index < -0.39 is 10.0 Å². The van der Waals surface area contributed by atoms with E-state index in [1.165, 1.54) is 0 Å². The molecule has 0 bridgehead atoms. The highest BCUT2D eigenvalue weighted by molar-refractivity contribution is 7.89. The van der Waals surface area contributed by atoms with Crippen LogP contribution in [0.4, 0.5) is 5.69 Å². The van der Waals surface area contributed by atoms with Crippen molar-refractivity contribution in [2.24, 2.45) is 5.73 Å². The lowest BCUT2D eigenvalue weighted by Gasteiger charge is -2.41. The fraction of sp³-hybridized carbons (Fsp3) is 0.571. The van der Waals surface area contributed by atoms with Gasteiger partial charge in [0.05, 0.1) is 11.7 Å². The molecule has 1 aromatic rings. The summed E-state index contributed by atoms with van der Waals surface area (Å²) in [5.74, 6) is 0. The average molecular weight is 312 g/mol. The summed E-state index contributed by atoms with van der Waals surface area (Å²) in [6.07, 6.45) is 0. The van der Waals surface area contributed by atoms with Gasteiger partial charge in [-0.05, 0) is 19.2 Å². The number of benzene rings is 1. The summed E-state index contributed by atoms with van der Waals surface area (Å²) >= 11 is 0. The molecule has 1 fully saturated rings. The van der Waals surface area contributed by atoms with Crippen LogP contribution in [0.25, 0.3) is 0 Å². The average Bonchev–Trinajstić information content (AvgIpc) is 2.47. The molecule has 1 aliphatic rings. The minimum absolute atomic E-state index is 0.127. The van der Waals surface area contributed by atoms with Crippen LogP contribution >= 0.6 is 0 Å². The number of anilines is 1. The number of likely N-dealkylation sites (N-methyl/N-ethyl adjacent to an activating group) is 1. The van der Waals surface area contributed by atoms with Gasteiger partial charge < -0.3 is 15.5 Å². The molecule has 1 atom stereocenters. The first-order valence-corrected chi connectivity index (χ1v) is 8.72. The fourth-order valence-electron chi connectivity index (χ4n) is 2.72. The van der Waals surface area contributed by atoms with Gasteiger partial charge in [-0.2, -0.15) is 0 Å². The van der Waals surface area contributed by atoms with E-state index in [-0.39, 0.29) is 6.04 Å². The van der Waals surface area contributed by atoms with E-state index in [9.17, 15) is 8.42 Å². The molecule has 0 amide bonds. The Morgan fingerprint density at radius 1 is 1.33 bits per heavy atom. The van der Waals surface area contributed by atoms with Gasteiger partial charge in [0.2, 0.25) is 10.0 Å². The van der Waals surface area contributed by atoms with Crippen molar-refractivity contribution in [3.05, 3.63) is 24.3 Å². The maximum atomic E-state index is 12.4. The summed E-state index contributed by atoms with van der Waals surface area (Å²) in [7, 11) is -1.42. The van der Waals surface area contributed by atoms with Gasteiger partial charge in [0.15, 0.2) is 0 Å². The molecule has 21 heavy (non-hydrogen) atoms. The van der Waals surface area contributed by atoms with E-state index in [1.54, 1.807) is 19.1 Å². The molecule has 3 N–H and O–H groups in total. The van der Waals surface area contributed by atoms with E-state index in [0.29, 0.717) is 18.0 Å². The Morgan fingerprint density at radius 2 is 2.05 bits per heavy atom. The van der Waals surface area contributed by atoms with Crippen molar-refractivity contribution < 1.29 is 8.42 Å². The van der Waals surface area contributed by atoms with Gasteiger partial charge in [-0.15, -0.1) is 0 Å². The van der Waals surface area contributed by atoms with Crippen LogP contribution in [-0.2, 0) is 10.0 Å². The van der Waals surface area contributed by atoms with Crippen LogP contribution in [0.15, 0.2) is 29.2 Å². The number of hydrogen-bond acceptors (Lipinski definition) is 5. The molecule has 1 heterocycles. The van der Waals surface area contributed by atoms with E-state index >= 15 is 0 Å². The summed E-state index contributed by atoms with van der Waals surface area (Å²) in [6, 6.07) is 7.26. The summed E-state index contributed by atoms with van der Waals surface area (Å²) in [6.45, 7) is 5.16.